The van der Waals surface area contributed by atoms with Gasteiger partial charge >= 0.3 is 0 Å². The Morgan fingerprint density at radius 2 is 1.55 bits per heavy atom. The van der Waals surface area contributed by atoms with Crippen LogP contribution in [-0.2, 0) is 14.3 Å². The van der Waals surface area contributed by atoms with E-state index in [0.29, 0.717) is 13.2 Å². The molecule has 0 aromatic heterocycles. The Morgan fingerprint density at radius 1 is 0.897 bits per heavy atom. The summed E-state index contributed by atoms with van der Waals surface area (Å²) in [5.74, 6) is -0.316. The minimum Gasteiger partial charge on any atom is -0.383 e. The van der Waals surface area contributed by atoms with Gasteiger partial charge in [-0.1, -0.05) is 24.3 Å². The maximum atomic E-state index is 12.6. The van der Waals surface area contributed by atoms with E-state index < -0.39 is 0 Å². The molecule has 0 fully saturated rings. The molecule has 0 aliphatic heterocycles. The van der Waals surface area contributed by atoms with E-state index in [2.05, 4.69) is 10.6 Å². The molecule has 0 unspecified atom stereocenters. The van der Waals surface area contributed by atoms with Crippen LogP contribution in [0.5, 0.6) is 0 Å². The first-order valence-corrected chi connectivity index (χ1v) is 9.74. The lowest BCUT2D eigenvalue weighted by Crippen LogP contribution is -2.40. The smallest absolute Gasteiger partial charge is 0.238 e. The van der Waals surface area contributed by atoms with E-state index in [1.54, 1.807) is 12.0 Å². The van der Waals surface area contributed by atoms with E-state index in [4.69, 9.17) is 4.74 Å². The molecule has 156 valence electrons. The molecule has 0 spiro atoms. The predicted molar refractivity (Wildman–Crippen MR) is 117 cm³/mol. The molecule has 0 aliphatic carbocycles. The molecule has 2 N–H and O–H groups in total. The van der Waals surface area contributed by atoms with Crippen LogP contribution in [0.3, 0.4) is 0 Å². The number of rotatable bonds is 9. The zero-order valence-electron chi connectivity index (χ0n) is 18.0. The van der Waals surface area contributed by atoms with Crippen molar-refractivity contribution in [2.75, 3.05) is 44.0 Å². The number of hydrogen-bond donors (Lipinski definition) is 2. The zero-order chi connectivity index (χ0) is 21.4. The van der Waals surface area contributed by atoms with Gasteiger partial charge in [0.05, 0.1) is 19.7 Å². The summed E-state index contributed by atoms with van der Waals surface area (Å²) in [5.41, 5.74) is 5.82. The van der Waals surface area contributed by atoms with Crippen LogP contribution in [0.1, 0.15) is 22.3 Å². The van der Waals surface area contributed by atoms with E-state index in [0.717, 1.165) is 33.6 Å². The number of ether oxygens (including phenoxy) is 1. The van der Waals surface area contributed by atoms with Crippen molar-refractivity contribution in [3.63, 3.8) is 0 Å². The van der Waals surface area contributed by atoms with Gasteiger partial charge in [0, 0.05) is 25.0 Å². The van der Waals surface area contributed by atoms with Gasteiger partial charge in [0.1, 0.15) is 0 Å². The maximum absolute atomic E-state index is 12.6. The number of carbonyl (C=O) groups is 2. The SMILES string of the molecule is COCCN(CC(=O)Nc1cc(C)ccc1C)CC(=O)Nc1cccc(C)c1C. The van der Waals surface area contributed by atoms with Crippen LogP contribution in [0, 0.1) is 27.7 Å². The minimum absolute atomic E-state index is 0.108. The number of amides is 2. The third-order valence-electron chi connectivity index (χ3n) is 4.89. The highest BCUT2D eigenvalue weighted by molar-refractivity contribution is 5.95. The molecule has 0 saturated heterocycles. The molecule has 29 heavy (non-hydrogen) atoms. The molecule has 6 nitrogen and oxygen atoms in total. The van der Waals surface area contributed by atoms with Crippen LogP contribution in [0.4, 0.5) is 11.4 Å². The Balaban J connectivity index is 2.00. The first-order chi connectivity index (χ1) is 13.8. The number of benzene rings is 2. The van der Waals surface area contributed by atoms with Crippen LogP contribution in [0.2, 0.25) is 0 Å². The number of anilines is 2. The van der Waals surface area contributed by atoms with Crippen molar-refractivity contribution in [3.05, 3.63) is 58.7 Å². The second-order valence-corrected chi connectivity index (χ2v) is 7.37. The Labute approximate surface area is 173 Å². The molecule has 6 heteroatoms. The van der Waals surface area contributed by atoms with Gasteiger partial charge in [-0.05, 0) is 62.1 Å². The van der Waals surface area contributed by atoms with E-state index >= 15 is 0 Å². The van der Waals surface area contributed by atoms with Crippen molar-refractivity contribution in [3.8, 4) is 0 Å². The molecule has 0 aliphatic rings. The summed E-state index contributed by atoms with van der Waals surface area (Å²) in [5, 5.41) is 5.89. The number of methoxy groups -OCH3 is 1. The van der Waals surface area contributed by atoms with Gasteiger partial charge < -0.3 is 15.4 Å². The number of hydrogen-bond acceptors (Lipinski definition) is 4. The summed E-state index contributed by atoms with van der Waals surface area (Å²) < 4.78 is 5.14. The molecule has 2 aromatic carbocycles. The Bertz CT molecular complexity index is 846. The van der Waals surface area contributed by atoms with Gasteiger partial charge in [0.15, 0.2) is 0 Å². The number of nitrogens with zero attached hydrogens (tertiary/aromatic N) is 1. The van der Waals surface area contributed by atoms with Crippen LogP contribution in [0.25, 0.3) is 0 Å². The Hall–Kier alpha value is -2.70. The third kappa shape index (κ3) is 7.00. The van der Waals surface area contributed by atoms with Gasteiger partial charge in [-0.25, -0.2) is 0 Å². The lowest BCUT2D eigenvalue weighted by Gasteiger charge is -2.21. The first kappa shape index (κ1) is 22.6. The van der Waals surface area contributed by atoms with Gasteiger partial charge in [0.25, 0.3) is 0 Å². The summed E-state index contributed by atoms with van der Waals surface area (Å²) in [6.45, 7) is 9.06. The van der Waals surface area contributed by atoms with Crippen LogP contribution < -0.4 is 10.6 Å². The van der Waals surface area contributed by atoms with Gasteiger partial charge in [-0.3, -0.25) is 14.5 Å². The third-order valence-corrected chi connectivity index (χ3v) is 4.89. The molecular weight excluding hydrogens is 366 g/mol. The fourth-order valence-corrected chi connectivity index (χ4v) is 2.98. The van der Waals surface area contributed by atoms with Crippen LogP contribution in [0.15, 0.2) is 36.4 Å². The van der Waals surface area contributed by atoms with Gasteiger partial charge in [-0.2, -0.15) is 0 Å². The maximum Gasteiger partial charge on any atom is 0.238 e. The van der Waals surface area contributed by atoms with Gasteiger partial charge in [-0.15, -0.1) is 0 Å². The fraction of sp³-hybridized carbons (Fsp3) is 0.391. The normalized spacial score (nSPS) is 10.8. The van der Waals surface area contributed by atoms with E-state index in [9.17, 15) is 9.59 Å². The number of carbonyl (C=O) groups excluding carboxylic acids is 2. The number of nitrogens with one attached hydrogen (secondary N) is 2. The minimum atomic E-state index is -0.158. The van der Waals surface area contributed by atoms with Crippen LogP contribution in [-0.4, -0.2) is 50.1 Å². The standard InChI is InChI=1S/C23H31N3O3/c1-16-9-10-18(3)21(13-16)25-23(28)15-26(11-12-29-5)14-22(27)24-20-8-6-7-17(2)19(20)4/h6-10,13H,11-12,14-15H2,1-5H3,(H,24,27)(H,25,28). The second kappa shape index (κ2) is 10.7. The molecule has 0 bridgehead atoms. The summed E-state index contributed by atoms with van der Waals surface area (Å²) in [7, 11) is 1.60. The molecule has 0 radical (unpaired) electrons. The molecule has 2 aromatic rings. The molecule has 0 heterocycles. The molecule has 2 amide bonds. The van der Waals surface area contributed by atoms with Crippen molar-refractivity contribution in [2.45, 2.75) is 27.7 Å². The highest BCUT2D eigenvalue weighted by atomic mass is 16.5. The Morgan fingerprint density at radius 3 is 2.21 bits per heavy atom. The van der Waals surface area contributed by atoms with Crippen molar-refractivity contribution >= 4 is 23.2 Å². The summed E-state index contributed by atoms with van der Waals surface area (Å²) in [6.07, 6.45) is 0. The summed E-state index contributed by atoms with van der Waals surface area (Å²) >= 11 is 0. The summed E-state index contributed by atoms with van der Waals surface area (Å²) in [4.78, 5) is 26.9. The van der Waals surface area contributed by atoms with Crippen molar-refractivity contribution in [2.24, 2.45) is 0 Å². The zero-order valence-corrected chi connectivity index (χ0v) is 18.0. The van der Waals surface area contributed by atoms with Gasteiger partial charge in [0.2, 0.25) is 11.8 Å². The molecule has 0 saturated carbocycles. The first-order valence-electron chi connectivity index (χ1n) is 9.74. The largest absolute Gasteiger partial charge is 0.383 e. The average molecular weight is 398 g/mol. The van der Waals surface area contributed by atoms with E-state index in [1.807, 2.05) is 64.1 Å². The van der Waals surface area contributed by atoms with Crippen LogP contribution >= 0.6 is 0 Å². The predicted octanol–water partition coefficient (Wildman–Crippen LogP) is 3.45. The van der Waals surface area contributed by atoms with Crippen molar-refractivity contribution in [1.82, 2.24) is 4.90 Å². The molecule has 2 rings (SSSR count). The molecular formula is C23H31N3O3. The summed E-state index contributed by atoms with van der Waals surface area (Å²) in [6, 6.07) is 11.7. The number of aryl methyl sites for hydroxylation is 3. The van der Waals surface area contributed by atoms with Crippen molar-refractivity contribution in [1.29, 1.82) is 0 Å². The topological polar surface area (TPSA) is 70.7 Å². The fourth-order valence-electron chi connectivity index (χ4n) is 2.98. The highest BCUT2D eigenvalue weighted by Gasteiger charge is 2.16. The highest BCUT2D eigenvalue weighted by Crippen LogP contribution is 2.18. The lowest BCUT2D eigenvalue weighted by atomic mass is 10.1. The molecule has 0 atom stereocenters. The lowest BCUT2D eigenvalue weighted by molar-refractivity contribution is -0.120. The van der Waals surface area contributed by atoms with Crippen molar-refractivity contribution < 1.29 is 14.3 Å². The Kier molecular flexibility index (Phi) is 8.36. The average Bonchev–Trinajstić information content (AvgIpc) is 2.66. The van der Waals surface area contributed by atoms with E-state index in [-0.39, 0.29) is 24.9 Å². The second-order valence-electron chi connectivity index (χ2n) is 7.37. The monoisotopic (exact) mass is 397 g/mol. The quantitative estimate of drug-likeness (QED) is 0.680. The van der Waals surface area contributed by atoms with E-state index in [1.165, 1.54) is 0 Å².